The first kappa shape index (κ1) is 16.1. The maximum atomic E-state index is 12.4. The molecule has 0 unspecified atom stereocenters. The molecule has 0 saturated carbocycles. The number of carbonyl (C=O) groups excluding carboxylic acids is 1. The maximum Gasteiger partial charge on any atom is 0.253 e. The van der Waals surface area contributed by atoms with Crippen LogP contribution in [0.25, 0.3) is 0 Å². The fourth-order valence-electron chi connectivity index (χ4n) is 2.16. The topological polar surface area (TPSA) is 69.7 Å². The van der Waals surface area contributed by atoms with Crippen molar-refractivity contribution in [3.63, 3.8) is 0 Å². The van der Waals surface area contributed by atoms with Crippen molar-refractivity contribution in [3.05, 3.63) is 29.8 Å². The van der Waals surface area contributed by atoms with E-state index in [0.29, 0.717) is 25.1 Å². The number of rotatable bonds is 5. The van der Waals surface area contributed by atoms with E-state index in [-0.39, 0.29) is 10.7 Å². The Labute approximate surface area is 125 Å². The van der Waals surface area contributed by atoms with Crippen LogP contribution in [0.4, 0.5) is 0 Å². The summed E-state index contributed by atoms with van der Waals surface area (Å²) in [7, 11) is -1.63. The average Bonchev–Trinajstić information content (AvgIpc) is 2.49. The highest BCUT2D eigenvalue weighted by Gasteiger charge is 2.22. The van der Waals surface area contributed by atoms with Crippen molar-refractivity contribution in [2.75, 3.05) is 33.2 Å². The Morgan fingerprint density at radius 2 is 1.90 bits per heavy atom. The molecule has 1 fully saturated rings. The summed E-state index contributed by atoms with van der Waals surface area (Å²) in [4.78, 5) is 16.5. The second kappa shape index (κ2) is 6.65. The molecule has 0 amide bonds. The normalized spacial score (nSPS) is 17.8. The highest BCUT2D eigenvalue weighted by atomic mass is 32.2. The largest absolute Gasteiger partial charge is 0.304 e. The Morgan fingerprint density at radius 3 is 2.52 bits per heavy atom. The van der Waals surface area contributed by atoms with Gasteiger partial charge in [0.25, 0.3) is 10.0 Å². The van der Waals surface area contributed by atoms with Crippen molar-refractivity contribution in [2.24, 2.45) is 0 Å². The number of nitrogens with one attached hydrogen (secondary N) is 1. The Balaban J connectivity index is 2.14. The molecule has 0 radical (unpaired) electrons. The summed E-state index contributed by atoms with van der Waals surface area (Å²) in [6, 6.07) is 6.18. The van der Waals surface area contributed by atoms with Crippen LogP contribution < -0.4 is 4.83 Å². The van der Waals surface area contributed by atoms with Gasteiger partial charge in [-0.3, -0.25) is 4.79 Å². The van der Waals surface area contributed by atoms with E-state index in [0.717, 1.165) is 13.1 Å². The van der Waals surface area contributed by atoms with Crippen molar-refractivity contribution in [2.45, 2.75) is 18.2 Å². The van der Waals surface area contributed by atoms with Gasteiger partial charge in [-0.2, -0.15) is 0 Å². The van der Waals surface area contributed by atoms with Gasteiger partial charge in [0, 0.05) is 38.2 Å². The van der Waals surface area contributed by atoms with Crippen LogP contribution in [0, 0.1) is 0 Å². The summed E-state index contributed by atoms with van der Waals surface area (Å²) < 4.78 is 24.7. The van der Waals surface area contributed by atoms with E-state index in [1.807, 2.05) is 7.05 Å². The number of Topliss-reactive ketones (excluding diaryl/α,β-unsaturated/α-hetero) is 1. The molecular formula is C14H21N3O3S. The van der Waals surface area contributed by atoms with E-state index in [1.165, 1.54) is 12.1 Å². The predicted octanol–water partition coefficient (Wildman–Crippen LogP) is 0.720. The second-order valence-corrected chi connectivity index (χ2v) is 6.85. The van der Waals surface area contributed by atoms with Crippen molar-refractivity contribution in [1.82, 2.24) is 14.7 Å². The zero-order chi connectivity index (χ0) is 15.5. The Kier molecular flexibility index (Phi) is 5.10. The fourth-order valence-corrected chi connectivity index (χ4v) is 3.33. The number of piperazine rings is 1. The highest BCUT2D eigenvalue weighted by molar-refractivity contribution is 7.89. The minimum atomic E-state index is -3.64. The van der Waals surface area contributed by atoms with E-state index in [2.05, 4.69) is 9.73 Å². The Morgan fingerprint density at radius 1 is 1.24 bits per heavy atom. The second-order valence-electron chi connectivity index (χ2n) is 5.19. The molecule has 0 atom stereocenters. The quantitative estimate of drug-likeness (QED) is 0.812. The molecule has 1 aromatic carbocycles. The molecule has 1 aliphatic heterocycles. The third kappa shape index (κ3) is 4.10. The van der Waals surface area contributed by atoms with Gasteiger partial charge in [-0.1, -0.05) is 19.1 Å². The molecule has 1 aromatic rings. The summed E-state index contributed by atoms with van der Waals surface area (Å²) in [5.74, 6) is -0.0633. The predicted molar refractivity (Wildman–Crippen MR) is 80.5 cm³/mol. The Bertz CT molecular complexity index is 608. The number of carbonyl (C=O) groups is 1. The van der Waals surface area contributed by atoms with Gasteiger partial charge in [0.2, 0.25) is 0 Å². The molecule has 1 N–H and O–H groups in total. The van der Waals surface area contributed by atoms with Crippen molar-refractivity contribution in [1.29, 1.82) is 0 Å². The lowest BCUT2D eigenvalue weighted by atomic mass is 10.1. The molecule has 0 bridgehead atoms. The minimum absolute atomic E-state index is 0.0633. The number of sulfonamides is 1. The number of hydrogen-bond donors (Lipinski definition) is 1. The average molecular weight is 311 g/mol. The molecule has 7 heteroatoms. The molecule has 0 spiro atoms. The molecule has 1 aliphatic rings. The number of hydrogen-bond acceptors (Lipinski definition) is 5. The maximum absolute atomic E-state index is 12.4. The van der Waals surface area contributed by atoms with Gasteiger partial charge in [-0.25, -0.2) is 13.4 Å². The van der Waals surface area contributed by atoms with Crippen LogP contribution in [0.2, 0.25) is 0 Å². The van der Waals surface area contributed by atoms with Gasteiger partial charge in [-0.15, -0.1) is 4.83 Å². The molecule has 6 nitrogen and oxygen atoms in total. The molecule has 0 aromatic heterocycles. The van der Waals surface area contributed by atoms with E-state index >= 15 is 0 Å². The number of ketones is 1. The molecule has 21 heavy (non-hydrogen) atoms. The molecule has 1 heterocycles. The van der Waals surface area contributed by atoms with Crippen molar-refractivity contribution >= 4 is 15.8 Å². The fraction of sp³-hybridized carbons (Fsp3) is 0.500. The van der Waals surface area contributed by atoms with Crippen molar-refractivity contribution in [3.8, 4) is 0 Å². The van der Waals surface area contributed by atoms with Crippen LogP contribution in [-0.2, 0) is 10.0 Å². The van der Waals surface area contributed by atoms with Crippen LogP contribution in [0.1, 0.15) is 23.7 Å². The summed E-state index contributed by atoms with van der Waals surface area (Å²) in [6.45, 7) is 4.67. The van der Waals surface area contributed by atoms with Gasteiger partial charge in [-0.05, 0) is 19.2 Å². The molecule has 1 saturated heterocycles. The lowest BCUT2D eigenvalue weighted by molar-refractivity contribution is 0.0988. The summed E-state index contributed by atoms with van der Waals surface area (Å²) in [5.41, 5.74) is 0.429. The molecule has 0 aliphatic carbocycles. The van der Waals surface area contributed by atoms with E-state index in [9.17, 15) is 13.2 Å². The number of benzene rings is 1. The van der Waals surface area contributed by atoms with Gasteiger partial charge in [0.15, 0.2) is 5.78 Å². The van der Waals surface area contributed by atoms with Crippen LogP contribution >= 0.6 is 0 Å². The lowest BCUT2D eigenvalue weighted by Gasteiger charge is -2.32. The molecule has 2 rings (SSSR count). The molecule has 116 valence electrons. The number of nitrogens with zero attached hydrogens (tertiary/aromatic N) is 2. The van der Waals surface area contributed by atoms with Gasteiger partial charge < -0.3 is 4.90 Å². The zero-order valence-electron chi connectivity index (χ0n) is 12.4. The highest BCUT2D eigenvalue weighted by Crippen LogP contribution is 2.13. The van der Waals surface area contributed by atoms with Crippen LogP contribution in [0.3, 0.4) is 0 Å². The minimum Gasteiger partial charge on any atom is -0.304 e. The Hall–Kier alpha value is -1.28. The first-order chi connectivity index (χ1) is 9.92. The molecular weight excluding hydrogens is 290 g/mol. The number of likely N-dealkylation sites (N-methyl/N-ethyl adjacent to an activating group) is 1. The van der Waals surface area contributed by atoms with Crippen LogP contribution in [-0.4, -0.2) is 57.3 Å². The summed E-state index contributed by atoms with van der Waals surface area (Å²) in [6.07, 6.45) is 0.357. The first-order valence-corrected chi connectivity index (χ1v) is 8.50. The van der Waals surface area contributed by atoms with Gasteiger partial charge in [0.1, 0.15) is 0 Å². The first-order valence-electron chi connectivity index (χ1n) is 7.01. The van der Waals surface area contributed by atoms with Crippen molar-refractivity contribution < 1.29 is 13.2 Å². The third-order valence-electron chi connectivity index (χ3n) is 3.54. The monoisotopic (exact) mass is 311 g/mol. The standard InChI is InChI=1S/C14H21N3O3S/c1-3-14(18)12-5-4-6-13(11-12)21(19,20)15-17-9-7-16(2)8-10-17/h4-6,11,15H,3,7-10H2,1-2H3. The van der Waals surface area contributed by atoms with Crippen LogP contribution in [0.15, 0.2) is 29.2 Å². The SMILES string of the molecule is CCC(=O)c1cccc(S(=O)(=O)NN2CCN(C)CC2)c1. The zero-order valence-corrected chi connectivity index (χ0v) is 13.2. The number of hydrazine groups is 1. The smallest absolute Gasteiger partial charge is 0.253 e. The van der Waals surface area contributed by atoms with E-state index < -0.39 is 10.0 Å². The van der Waals surface area contributed by atoms with E-state index in [4.69, 9.17) is 0 Å². The van der Waals surface area contributed by atoms with Gasteiger partial charge in [0.05, 0.1) is 4.90 Å². The third-order valence-corrected chi connectivity index (χ3v) is 4.91. The summed E-state index contributed by atoms with van der Waals surface area (Å²) in [5, 5.41) is 1.70. The van der Waals surface area contributed by atoms with E-state index in [1.54, 1.807) is 24.1 Å². The lowest BCUT2D eigenvalue weighted by Crippen LogP contribution is -2.52. The van der Waals surface area contributed by atoms with Crippen LogP contribution in [0.5, 0.6) is 0 Å². The summed E-state index contributed by atoms with van der Waals surface area (Å²) >= 11 is 0. The van der Waals surface area contributed by atoms with Gasteiger partial charge >= 0.3 is 0 Å².